The quantitative estimate of drug-likeness (QED) is 0.395. The van der Waals surface area contributed by atoms with E-state index in [1.54, 1.807) is 6.92 Å². The Morgan fingerprint density at radius 2 is 2.03 bits per heavy atom. The number of sulfonamides is 1. The SMILES string of the molecule is CC1(N([B]C=O)S(=O)(=O)c2cc3c(=O)n(Cc4nc5c(s4)CCCC5)c(=O)[nH]c3s2)CC1. The summed E-state index contributed by atoms with van der Waals surface area (Å²) in [4.78, 5) is 45.4. The highest BCUT2D eigenvalue weighted by Crippen LogP contribution is 2.44. The van der Waals surface area contributed by atoms with Crippen LogP contribution in [0.5, 0.6) is 0 Å². The summed E-state index contributed by atoms with van der Waals surface area (Å²) in [5.74, 6) is 0. The van der Waals surface area contributed by atoms with Crippen LogP contribution in [0.3, 0.4) is 0 Å². The zero-order valence-electron chi connectivity index (χ0n) is 17.3. The summed E-state index contributed by atoms with van der Waals surface area (Å²) < 4.78 is 28.4. The van der Waals surface area contributed by atoms with E-state index in [0.29, 0.717) is 24.0 Å². The van der Waals surface area contributed by atoms with Crippen LogP contribution in [0.15, 0.2) is 19.9 Å². The standard InChI is InChI=1S/C19H20BN4O5S3/c1-19(6-7-19)24(20-10-25)32(28,29)15-8-11-16(31-15)22-18(27)23(17(11)26)9-14-21-12-4-2-3-5-13(12)30-14/h8,10H,2-7,9H2,1H3,(H,22,27). The first kappa shape index (κ1) is 21.7. The van der Waals surface area contributed by atoms with Crippen molar-refractivity contribution in [2.24, 2.45) is 0 Å². The van der Waals surface area contributed by atoms with Gasteiger partial charge in [0.1, 0.15) is 14.0 Å². The maximum atomic E-state index is 13.2. The fraction of sp³-hybridized carbons (Fsp3) is 0.474. The van der Waals surface area contributed by atoms with Crippen molar-refractivity contribution in [1.29, 1.82) is 0 Å². The van der Waals surface area contributed by atoms with E-state index < -0.39 is 26.8 Å². The van der Waals surface area contributed by atoms with E-state index in [4.69, 9.17) is 0 Å². The summed E-state index contributed by atoms with van der Waals surface area (Å²) in [6, 6.07) is 1.29. The maximum Gasteiger partial charge on any atom is 0.329 e. The van der Waals surface area contributed by atoms with Crippen molar-refractivity contribution in [3.63, 3.8) is 0 Å². The first-order valence-electron chi connectivity index (χ1n) is 10.3. The largest absolute Gasteiger partial charge is 0.329 e. The summed E-state index contributed by atoms with van der Waals surface area (Å²) in [5, 5.41) is 0.821. The van der Waals surface area contributed by atoms with Crippen LogP contribution in [-0.4, -0.2) is 46.3 Å². The Bertz CT molecular complexity index is 1420. The van der Waals surface area contributed by atoms with Gasteiger partial charge in [-0.05, 0) is 51.5 Å². The minimum absolute atomic E-state index is 0.0445. The van der Waals surface area contributed by atoms with Crippen molar-refractivity contribution in [2.45, 2.75) is 61.7 Å². The van der Waals surface area contributed by atoms with E-state index in [2.05, 4.69) is 9.97 Å². The fourth-order valence-corrected chi connectivity index (χ4v) is 8.27. The molecule has 32 heavy (non-hydrogen) atoms. The van der Waals surface area contributed by atoms with Crippen LogP contribution in [0.1, 0.15) is 48.2 Å². The number of carbonyl (C=O) groups excluding carboxylic acids is 1. The molecule has 3 aromatic heterocycles. The van der Waals surface area contributed by atoms with E-state index in [9.17, 15) is 22.8 Å². The lowest BCUT2D eigenvalue weighted by Gasteiger charge is -2.25. The zero-order valence-corrected chi connectivity index (χ0v) is 19.7. The highest BCUT2D eigenvalue weighted by Gasteiger charge is 2.49. The van der Waals surface area contributed by atoms with Crippen molar-refractivity contribution < 1.29 is 13.2 Å². The van der Waals surface area contributed by atoms with E-state index in [-0.39, 0.29) is 21.0 Å². The molecule has 0 bridgehead atoms. The molecule has 3 aromatic rings. The summed E-state index contributed by atoms with van der Waals surface area (Å²) in [6.07, 6.45) is 5.81. The number of H-pyrrole nitrogens is 1. The number of rotatable bonds is 7. The van der Waals surface area contributed by atoms with E-state index in [0.717, 1.165) is 58.9 Å². The van der Waals surface area contributed by atoms with Gasteiger partial charge in [0.25, 0.3) is 5.56 Å². The summed E-state index contributed by atoms with van der Waals surface area (Å²) in [6.45, 7) is 1.81. The Kier molecular flexibility index (Phi) is 5.27. The van der Waals surface area contributed by atoms with E-state index in [1.807, 2.05) is 0 Å². The van der Waals surface area contributed by atoms with Gasteiger partial charge in [-0.3, -0.25) is 14.3 Å². The Morgan fingerprint density at radius 3 is 2.72 bits per heavy atom. The number of hydrogen-bond acceptors (Lipinski definition) is 8. The first-order valence-corrected chi connectivity index (χ1v) is 13.4. The van der Waals surface area contributed by atoms with Gasteiger partial charge >= 0.3 is 13.1 Å². The molecular formula is C19H20BN4O5S3. The van der Waals surface area contributed by atoms with Crippen LogP contribution in [-0.2, 0) is 34.2 Å². The molecule has 0 aromatic carbocycles. The molecule has 0 unspecified atom stereocenters. The van der Waals surface area contributed by atoms with Crippen molar-refractivity contribution in [3.8, 4) is 0 Å². The van der Waals surface area contributed by atoms with Gasteiger partial charge in [-0.1, -0.05) is 0 Å². The number of nitrogens with zero attached hydrogens (tertiary/aromatic N) is 3. The van der Waals surface area contributed by atoms with Gasteiger partial charge in [0.2, 0.25) is 10.0 Å². The third kappa shape index (κ3) is 3.60. The minimum atomic E-state index is -4.04. The molecule has 0 aliphatic heterocycles. The predicted molar refractivity (Wildman–Crippen MR) is 124 cm³/mol. The number of thiophene rings is 1. The van der Waals surface area contributed by atoms with Gasteiger partial charge in [0, 0.05) is 10.4 Å². The lowest BCUT2D eigenvalue weighted by atomic mass is 9.96. The lowest BCUT2D eigenvalue weighted by molar-refractivity contribution is 0.454. The molecular weight excluding hydrogens is 471 g/mol. The van der Waals surface area contributed by atoms with E-state index in [1.165, 1.54) is 22.3 Å². The van der Waals surface area contributed by atoms with Crippen LogP contribution in [0.2, 0.25) is 0 Å². The van der Waals surface area contributed by atoms with Gasteiger partial charge < -0.3 is 4.79 Å². The van der Waals surface area contributed by atoms with Crippen LogP contribution in [0.25, 0.3) is 10.2 Å². The third-order valence-electron chi connectivity index (χ3n) is 6.05. The number of hydrogen-bond donors (Lipinski definition) is 1. The molecule has 5 rings (SSSR count). The van der Waals surface area contributed by atoms with Gasteiger partial charge in [0.15, 0.2) is 0 Å². The number of aromatic amines is 1. The molecule has 1 fully saturated rings. The molecule has 2 aliphatic rings. The molecule has 2 aliphatic carbocycles. The second kappa shape index (κ2) is 7.75. The topological polar surface area (TPSA) is 122 Å². The number of thiazole rings is 1. The van der Waals surface area contributed by atoms with E-state index >= 15 is 0 Å². The molecule has 0 amide bonds. The molecule has 1 N–H and O–H groups in total. The molecule has 0 spiro atoms. The minimum Gasteiger partial charge on any atom is -0.313 e. The number of aryl methyl sites for hydroxylation is 2. The molecule has 1 radical (unpaired) electrons. The van der Waals surface area contributed by atoms with Crippen molar-refractivity contribution in [3.05, 3.63) is 42.5 Å². The Labute approximate surface area is 192 Å². The van der Waals surface area contributed by atoms with Gasteiger partial charge in [-0.15, -0.1) is 22.7 Å². The number of fused-ring (bicyclic) bond motifs is 2. The molecule has 13 heteroatoms. The summed E-state index contributed by atoms with van der Waals surface area (Å²) in [5.41, 5.74) is -0.760. The second-order valence-electron chi connectivity index (χ2n) is 8.40. The lowest BCUT2D eigenvalue weighted by Crippen LogP contribution is -2.43. The number of carbonyl (C=O) groups is 1. The molecule has 0 saturated heterocycles. The van der Waals surface area contributed by atoms with Gasteiger partial charge in [-0.2, -0.15) is 0 Å². The smallest absolute Gasteiger partial charge is 0.313 e. The Hall–Kier alpha value is -2.09. The normalized spacial score (nSPS) is 17.4. The van der Waals surface area contributed by atoms with Crippen molar-refractivity contribution >= 4 is 56.5 Å². The van der Waals surface area contributed by atoms with Crippen molar-refractivity contribution in [2.75, 3.05) is 0 Å². The predicted octanol–water partition coefficient (Wildman–Crippen LogP) is 1.49. The van der Waals surface area contributed by atoms with Crippen molar-refractivity contribution in [1.82, 2.24) is 18.8 Å². The van der Waals surface area contributed by atoms with Crippen LogP contribution >= 0.6 is 22.7 Å². The Balaban J connectivity index is 1.54. The summed E-state index contributed by atoms with van der Waals surface area (Å²) >= 11 is 2.34. The summed E-state index contributed by atoms with van der Waals surface area (Å²) in [7, 11) is -3.03. The zero-order chi connectivity index (χ0) is 22.7. The average Bonchev–Trinajstić information content (AvgIpc) is 3.16. The van der Waals surface area contributed by atoms with Gasteiger partial charge in [0.05, 0.1) is 23.8 Å². The molecule has 3 heterocycles. The molecule has 9 nitrogen and oxygen atoms in total. The average molecular weight is 491 g/mol. The van der Waals surface area contributed by atoms with Crippen LogP contribution in [0, 0.1) is 0 Å². The third-order valence-corrected chi connectivity index (χ3v) is 10.6. The maximum absolute atomic E-state index is 13.2. The number of nitrogens with one attached hydrogen (secondary N) is 1. The molecule has 1 saturated carbocycles. The molecule has 167 valence electrons. The number of aromatic nitrogens is 3. The highest BCUT2D eigenvalue weighted by molar-refractivity contribution is 7.92. The first-order chi connectivity index (χ1) is 15.2. The van der Waals surface area contributed by atoms with Crippen LogP contribution in [0.4, 0.5) is 0 Å². The monoisotopic (exact) mass is 491 g/mol. The Morgan fingerprint density at radius 1 is 1.28 bits per heavy atom. The van der Waals surface area contributed by atoms with Gasteiger partial charge in [-0.25, -0.2) is 22.4 Å². The highest BCUT2D eigenvalue weighted by atomic mass is 32.2. The fourth-order valence-electron chi connectivity index (χ4n) is 4.01. The second-order valence-corrected chi connectivity index (χ2v) is 12.7. The molecule has 0 atom stereocenters. The van der Waals surface area contributed by atoms with Crippen LogP contribution < -0.4 is 11.2 Å².